The van der Waals surface area contributed by atoms with E-state index in [1.54, 1.807) is 13.2 Å². The summed E-state index contributed by atoms with van der Waals surface area (Å²) >= 11 is 7.36. The molecular formula is C17H32ClN2O8PS. The summed E-state index contributed by atoms with van der Waals surface area (Å²) in [4.78, 5) is 33.1. The van der Waals surface area contributed by atoms with Crippen LogP contribution in [0.4, 0.5) is 0 Å². The number of aliphatic hydroxyl groups is 2. The van der Waals surface area contributed by atoms with Crippen molar-refractivity contribution in [2.24, 2.45) is 5.92 Å². The molecule has 9 atom stereocenters. The number of hydrogen-bond acceptors (Lipinski definition) is 8. The SMILES string of the molecule is CCC1C[C@H](C(=O)NC(C(C)Cl)C2O[C@@H](SC)C(OP(=O)(O)O)C(O)[C@H]2O)N(C)C1. The van der Waals surface area contributed by atoms with E-state index in [9.17, 15) is 19.6 Å². The summed E-state index contributed by atoms with van der Waals surface area (Å²) in [6, 6.07) is -1.18. The molecule has 30 heavy (non-hydrogen) atoms. The summed E-state index contributed by atoms with van der Waals surface area (Å²) in [5.41, 5.74) is -0.991. The number of phosphoric acid groups is 1. The molecule has 2 saturated heterocycles. The van der Waals surface area contributed by atoms with E-state index in [0.29, 0.717) is 12.3 Å². The number of ether oxygens (including phenoxy) is 1. The number of carbonyl (C=O) groups excluding carboxylic acids is 1. The van der Waals surface area contributed by atoms with E-state index in [-0.39, 0.29) is 11.9 Å². The fourth-order valence-electron chi connectivity index (χ4n) is 4.05. The number of nitrogens with one attached hydrogen (secondary N) is 1. The normalized spacial score (nSPS) is 37.7. The van der Waals surface area contributed by atoms with E-state index in [2.05, 4.69) is 16.8 Å². The molecule has 6 unspecified atom stereocenters. The van der Waals surface area contributed by atoms with E-state index in [0.717, 1.165) is 24.7 Å². The van der Waals surface area contributed by atoms with E-state index in [1.807, 2.05) is 11.9 Å². The van der Waals surface area contributed by atoms with Gasteiger partial charge in [-0.2, -0.15) is 0 Å². The van der Waals surface area contributed by atoms with E-state index >= 15 is 0 Å². The number of halogens is 1. The second-order valence-corrected chi connectivity index (χ2v) is 10.7. The third-order valence-corrected chi connectivity index (χ3v) is 7.38. The number of alkyl halides is 1. The molecular weight excluding hydrogens is 459 g/mol. The minimum absolute atomic E-state index is 0.245. The first kappa shape index (κ1) is 26.3. The highest BCUT2D eigenvalue weighted by atomic mass is 35.5. The molecule has 0 saturated carbocycles. The number of rotatable bonds is 8. The predicted octanol–water partition coefficient (Wildman–Crippen LogP) is 0.116. The molecule has 2 rings (SSSR count). The van der Waals surface area contributed by atoms with Gasteiger partial charge in [0.15, 0.2) is 0 Å². The fourth-order valence-corrected chi connectivity index (χ4v) is 5.61. The average molecular weight is 491 g/mol. The highest BCUT2D eigenvalue weighted by Crippen LogP contribution is 2.43. The van der Waals surface area contributed by atoms with Crippen LogP contribution >= 0.6 is 31.2 Å². The van der Waals surface area contributed by atoms with Gasteiger partial charge in [0, 0.05) is 6.54 Å². The zero-order valence-electron chi connectivity index (χ0n) is 17.4. The van der Waals surface area contributed by atoms with Crippen molar-refractivity contribution in [2.45, 2.75) is 74.0 Å². The van der Waals surface area contributed by atoms with Gasteiger partial charge in [-0.25, -0.2) is 4.57 Å². The van der Waals surface area contributed by atoms with Gasteiger partial charge < -0.3 is 30.1 Å². The molecule has 10 nitrogen and oxygen atoms in total. The Morgan fingerprint density at radius 3 is 2.50 bits per heavy atom. The highest BCUT2D eigenvalue weighted by Gasteiger charge is 2.51. The van der Waals surface area contributed by atoms with Crippen LogP contribution in [-0.4, -0.2) is 98.0 Å². The van der Waals surface area contributed by atoms with Crippen LogP contribution in [0.2, 0.25) is 0 Å². The average Bonchev–Trinajstić information content (AvgIpc) is 3.04. The standard InChI is InChI=1S/C17H32ClN2O8PS/c1-5-9-6-10(20(3)7-9)16(23)19-11(8(2)18)14-12(21)13(22)15(17(27-14)30-4)28-29(24,25)26/h8-15,17,21-22H,5-7H2,1-4H3,(H,19,23)(H2,24,25,26)/t8?,9?,10-,11?,12-,13?,14?,15?,17+/m1/s1. The molecule has 13 heteroatoms. The predicted molar refractivity (Wildman–Crippen MR) is 113 cm³/mol. The molecule has 0 spiro atoms. The van der Waals surface area contributed by atoms with Crippen LogP contribution < -0.4 is 5.32 Å². The van der Waals surface area contributed by atoms with Gasteiger partial charge in [-0.05, 0) is 32.6 Å². The van der Waals surface area contributed by atoms with Crippen LogP contribution in [0, 0.1) is 5.92 Å². The first-order valence-corrected chi connectivity index (χ1v) is 13.1. The topological polar surface area (TPSA) is 149 Å². The van der Waals surface area contributed by atoms with Gasteiger partial charge in [-0.3, -0.25) is 14.2 Å². The van der Waals surface area contributed by atoms with Crippen molar-refractivity contribution in [3.63, 3.8) is 0 Å². The van der Waals surface area contributed by atoms with Gasteiger partial charge in [0.1, 0.15) is 29.9 Å². The Bertz CT molecular complexity index is 639. The van der Waals surface area contributed by atoms with Crippen LogP contribution in [0.3, 0.4) is 0 Å². The maximum absolute atomic E-state index is 12.9. The Morgan fingerprint density at radius 1 is 1.40 bits per heavy atom. The highest BCUT2D eigenvalue weighted by molar-refractivity contribution is 7.99. The zero-order valence-corrected chi connectivity index (χ0v) is 19.9. The van der Waals surface area contributed by atoms with Crippen molar-refractivity contribution < 1.29 is 38.6 Å². The molecule has 0 aromatic carbocycles. The summed E-state index contributed by atoms with van der Waals surface area (Å²) in [7, 11) is -3.05. The van der Waals surface area contributed by atoms with Crippen molar-refractivity contribution in [3.05, 3.63) is 0 Å². The fraction of sp³-hybridized carbons (Fsp3) is 0.941. The monoisotopic (exact) mass is 490 g/mol. The summed E-state index contributed by atoms with van der Waals surface area (Å²) in [6.45, 7) is 4.52. The molecule has 0 bridgehead atoms. The summed E-state index contributed by atoms with van der Waals surface area (Å²) in [5, 5.41) is 23.3. The Morgan fingerprint density at radius 2 is 2.03 bits per heavy atom. The number of carbonyl (C=O) groups is 1. The van der Waals surface area contributed by atoms with Crippen molar-refractivity contribution in [3.8, 4) is 0 Å². The number of likely N-dealkylation sites (N-methyl/N-ethyl adjacent to an activating group) is 1. The lowest BCUT2D eigenvalue weighted by Crippen LogP contribution is -2.65. The maximum Gasteiger partial charge on any atom is 0.470 e. The number of hydrogen-bond donors (Lipinski definition) is 5. The molecule has 2 fully saturated rings. The molecule has 176 valence electrons. The third kappa shape index (κ3) is 6.31. The Balaban J connectivity index is 2.17. The number of thioether (sulfide) groups is 1. The summed E-state index contributed by atoms with van der Waals surface area (Å²) in [6.07, 6.45) is -2.50. The molecule has 0 aliphatic carbocycles. The first-order valence-electron chi connectivity index (χ1n) is 9.82. The summed E-state index contributed by atoms with van der Waals surface area (Å²) < 4.78 is 21.7. The largest absolute Gasteiger partial charge is 0.470 e. The number of amides is 1. The van der Waals surface area contributed by atoms with Crippen molar-refractivity contribution >= 4 is 37.1 Å². The maximum atomic E-state index is 12.9. The quantitative estimate of drug-likeness (QED) is 0.234. The Kier molecular flexibility index (Phi) is 9.46. The van der Waals surface area contributed by atoms with Gasteiger partial charge in [0.25, 0.3) is 0 Å². The molecule has 0 aromatic heterocycles. The van der Waals surface area contributed by atoms with E-state index in [4.69, 9.17) is 26.1 Å². The minimum atomic E-state index is -4.93. The lowest BCUT2D eigenvalue weighted by Gasteiger charge is -2.45. The summed E-state index contributed by atoms with van der Waals surface area (Å²) in [5.74, 6) is 0.174. The molecule has 2 aliphatic heterocycles. The van der Waals surface area contributed by atoms with E-state index < -0.39 is 49.1 Å². The Labute approximate surface area is 185 Å². The van der Waals surface area contributed by atoms with Gasteiger partial charge in [0.2, 0.25) is 5.91 Å². The first-order chi connectivity index (χ1) is 13.9. The Hall–Kier alpha value is 0.0600. The lowest BCUT2D eigenvalue weighted by atomic mass is 9.92. The molecule has 0 aromatic rings. The van der Waals surface area contributed by atoms with Crippen LogP contribution in [0.1, 0.15) is 26.7 Å². The second-order valence-electron chi connectivity index (χ2n) is 7.92. The van der Waals surface area contributed by atoms with Crippen LogP contribution in [0.15, 0.2) is 0 Å². The molecule has 2 heterocycles. The number of likely N-dealkylation sites (tertiary alicyclic amines) is 1. The minimum Gasteiger partial charge on any atom is -0.388 e. The second kappa shape index (κ2) is 10.8. The molecule has 1 amide bonds. The van der Waals surface area contributed by atoms with Crippen LogP contribution in [0.25, 0.3) is 0 Å². The van der Waals surface area contributed by atoms with Crippen molar-refractivity contribution in [1.29, 1.82) is 0 Å². The molecule has 5 N–H and O–H groups in total. The van der Waals surface area contributed by atoms with Crippen molar-refractivity contribution in [2.75, 3.05) is 19.8 Å². The van der Waals surface area contributed by atoms with Gasteiger partial charge >= 0.3 is 7.82 Å². The van der Waals surface area contributed by atoms with Crippen LogP contribution in [0.5, 0.6) is 0 Å². The third-order valence-electron chi connectivity index (χ3n) is 5.75. The number of nitrogens with zero attached hydrogens (tertiary/aromatic N) is 1. The molecule has 2 aliphatic rings. The lowest BCUT2D eigenvalue weighted by molar-refractivity contribution is -0.201. The van der Waals surface area contributed by atoms with Gasteiger partial charge in [-0.1, -0.05) is 13.3 Å². The van der Waals surface area contributed by atoms with Crippen molar-refractivity contribution in [1.82, 2.24) is 10.2 Å². The smallest absolute Gasteiger partial charge is 0.388 e. The molecule has 0 radical (unpaired) electrons. The van der Waals surface area contributed by atoms with E-state index in [1.165, 1.54) is 0 Å². The number of aliphatic hydroxyl groups excluding tert-OH is 2. The zero-order chi connectivity index (χ0) is 22.8. The van der Waals surface area contributed by atoms with Crippen LogP contribution in [-0.2, 0) is 18.6 Å². The number of phosphoric ester groups is 1. The van der Waals surface area contributed by atoms with Gasteiger partial charge in [-0.15, -0.1) is 23.4 Å². The van der Waals surface area contributed by atoms with Gasteiger partial charge in [0.05, 0.1) is 17.5 Å².